The van der Waals surface area contributed by atoms with Gasteiger partial charge in [-0.1, -0.05) is 32.3 Å². The van der Waals surface area contributed by atoms with Crippen molar-refractivity contribution >= 4 is 43.8 Å². The van der Waals surface area contributed by atoms with Gasteiger partial charge in [0.15, 0.2) is 0 Å². The number of rotatable bonds is 18. The molecule has 0 aromatic heterocycles. The first-order valence-corrected chi connectivity index (χ1v) is 18.5. The van der Waals surface area contributed by atoms with E-state index in [0.29, 0.717) is 6.42 Å². The molecule has 0 saturated heterocycles. The molecular formula is C27H43F6NO8SSi. The molecule has 0 aromatic rings. The predicted molar refractivity (Wildman–Crippen MR) is 155 cm³/mol. The van der Waals surface area contributed by atoms with Gasteiger partial charge in [0.25, 0.3) is 6.10 Å². The second kappa shape index (κ2) is 17.3. The molecule has 0 fully saturated rings. The van der Waals surface area contributed by atoms with Gasteiger partial charge in [0.2, 0.25) is 0 Å². The van der Waals surface area contributed by atoms with E-state index in [9.17, 15) is 45.5 Å². The van der Waals surface area contributed by atoms with Crippen LogP contribution in [-0.2, 0) is 33.3 Å². The van der Waals surface area contributed by atoms with Crippen LogP contribution in [0.5, 0.6) is 0 Å². The van der Waals surface area contributed by atoms with Crippen LogP contribution < -0.4 is 5.32 Å². The molecule has 0 aliphatic heterocycles. The number of carbonyl (C=O) groups excluding carboxylic acids is 4. The van der Waals surface area contributed by atoms with E-state index in [1.54, 1.807) is 0 Å². The van der Waals surface area contributed by atoms with Crippen molar-refractivity contribution in [3.63, 3.8) is 0 Å². The lowest BCUT2D eigenvalue weighted by Gasteiger charge is -2.35. The van der Waals surface area contributed by atoms with E-state index >= 15 is 0 Å². The summed E-state index contributed by atoms with van der Waals surface area (Å²) >= 11 is 1.09. The number of thioether (sulfide) groups is 1. The molecule has 1 unspecified atom stereocenters. The van der Waals surface area contributed by atoms with Crippen LogP contribution in [-0.4, -0.2) is 88.4 Å². The first kappa shape index (κ1) is 41.6. The fourth-order valence-corrected chi connectivity index (χ4v) is 5.94. The molecule has 256 valence electrons. The number of carbonyl (C=O) groups is 4. The topological polar surface area (TPSA) is 117 Å². The molecule has 0 spiro atoms. The number of alkyl halides is 6. The van der Waals surface area contributed by atoms with Gasteiger partial charge >= 0.3 is 36.4 Å². The van der Waals surface area contributed by atoms with E-state index in [-0.39, 0.29) is 43.4 Å². The molecule has 0 radical (unpaired) electrons. The monoisotopic (exact) mass is 683 g/mol. The molecule has 44 heavy (non-hydrogen) atoms. The van der Waals surface area contributed by atoms with Gasteiger partial charge in [-0.25, -0.2) is 9.59 Å². The molecule has 0 heterocycles. The Morgan fingerprint density at radius 1 is 0.864 bits per heavy atom. The lowest BCUT2D eigenvalue weighted by Crippen LogP contribution is -2.48. The number of nitrogens with one attached hydrogen (secondary N) is 1. The first-order chi connectivity index (χ1) is 19.8. The fourth-order valence-electron chi connectivity index (χ4n) is 3.72. The second-order valence-corrected chi connectivity index (χ2v) is 19.0. The summed E-state index contributed by atoms with van der Waals surface area (Å²) in [5, 5.41) is 2.36. The van der Waals surface area contributed by atoms with Gasteiger partial charge in [-0.15, -0.1) is 0 Å². The number of hydrogen-bond donors (Lipinski definition) is 1. The minimum atomic E-state index is -5.89. The van der Waals surface area contributed by atoms with Crippen molar-refractivity contribution < 1.29 is 64.5 Å². The van der Waals surface area contributed by atoms with Crippen molar-refractivity contribution in [1.29, 1.82) is 0 Å². The van der Waals surface area contributed by atoms with Gasteiger partial charge in [-0.3, -0.25) is 9.59 Å². The van der Waals surface area contributed by atoms with Crippen LogP contribution >= 0.6 is 11.8 Å². The van der Waals surface area contributed by atoms with Crippen molar-refractivity contribution in [2.75, 3.05) is 37.9 Å². The van der Waals surface area contributed by atoms with E-state index in [2.05, 4.69) is 36.3 Å². The molecule has 0 aliphatic rings. The Morgan fingerprint density at radius 2 is 1.43 bits per heavy atom. The zero-order chi connectivity index (χ0) is 34.6. The van der Waals surface area contributed by atoms with Gasteiger partial charge < -0.3 is 24.3 Å². The summed E-state index contributed by atoms with van der Waals surface area (Å²) < 4.78 is 97.1. The SMILES string of the molecule is C=C(C)C(=O)OCCNC(=O)OCCSCC(C)(CC(C)(C)C(=O)OC(C(F)(F)F)C(F)(F)F)C(=O)OCCC[Si](C)(C)C. The van der Waals surface area contributed by atoms with E-state index in [1.165, 1.54) is 13.8 Å². The van der Waals surface area contributed by atoms with Crippen molar-refractivity contribution in [3.8, 4) is 0 Å². The van der Waals surface area contributed by atoms with Crippen LogP contribution in [0.15, 0.2) is 12.2 Å². The summed E-state index contributed by atoms with van der Waals surface area (Å²) in [6.07, 6.45) is -16.8. The number of amides is 1. The van der Waals surface area contributed by atoms with Crippen molar-refractivity contribution in [2.24, 2.45) is 10.8 Å². The zero-order valence-electron chi connectivity index (χ0n) is 26.1. The smallest absolute Gasteiger partial charge is 0.434 e. The minimum absolute atomic E-state index is 0.0265. The van der Waals surface area contributed by atoms with Crippen LogP contribution in [0.25, 0.3) is 0 Å². The third kappa shape index (κ3) is 16.6. The highest BCUT2D eigenvalue weighted by molar-refractivity contribution is 7.99. The lowest BCUT2D eigenvalue weighted by atomic mass is 9.75. The maximum Gasteiger partial charge on any atom is 0.434 e. The Bertz CT molecular complexity index is 986. The highest BCUT2D eigenvalue weighted by Crippen LogP contribution is 2.41. The van der Waals surface area contributed by atoms with Gasteiger partial charge in [-0.2, -0.15) is 38.1 Å². The van der Waals surface area contributed by atoms with E-state index in [4.69, 9.17) is 14.2 Å². The summed E-state index contributed by atoms with van der Waals surface area (Å²) in [5.74, 6) is -3.11. The number of ether oxygens (including phenoxy) is 4. The molecular weight excluding hydrogens is 640 g/mol. The van der Waals surface area contributed by atoms with E-state index < -0.39 is 67.8 Å². The Balaban J connectivity index is 5.36. The third-order valence-electron chi connectivity index (χ3n) is 5.84. The average molecular weight is 684 g/mol. The van der Waals surface area contributed by atoms with E-state index in [1.807, 2.05) is 0 Å². The van der Waals surface area contributed by atoms with Crippen LogP contribution in [0.2, 0.25) is 25.7 Å². The Labute approximate surface area is 259 Å². The number of hydrogen-bond acceptors (Lipinski definition) is 9. The molecule has 0 bridgehead atoms. The lowest BCUT2D eigenvalue weighted by molar-refractivity contribution is -0.315. The normalized spacial score (nSPS) is 14.0. The molecule has 17 heteroatoms. The molecule has 9 nitrogen and oxygen atoms in total. The molecule has 0 rings (SSSR count). The maximum absolute atomic E-state index is 13.2. The highest BCUT2D eigenvalue weighted by Gasteiger charge is 2.61. The fraction of sp³-hybridized carbons (Fsp3) is 0.778. The summed E-state index contributed by atoms with van der Waals surface area (Å²) in [5.41, 5.74) is -3.29. The largest absolute Gasteiger partial charge is 0.465 e. The average Bonchev–Trinajstić information content (AvgIpc) is 2.84. The van der Waals surface area contributed by atoms with Crippen molar-refractivity contribution in [2.45, 2.75) is 84.7 Å². The van der Waals surface area contributed by atoms with Crippen LogP contribution in [0.1, 0.15) is 40.5 Å². The molecule has 1 N–H and O–H groups in total. The molecule has 1 amide bonds. The van der Waals surface area contributed by atoms with Crippen LogP contribution in [0.4, 0.5) is 31.1 Å². The Morgan fingerprint density at radius 3 is 1.93 bits per heavy atom. The van der Waals surface area contributed by atoms with Crippen LogP contribution in [0.3, 0.4) is 0 Å². The molecule has 1 atom stereocenters. The van der Waals surface area contributed by atoms with Crippen molar-refractivity contribution in [3.05, 3.63) is 12.2 Å². The summed E-state index contributed by atoms with van der Waals surface area (Å²) in [7, 11) is -1.45. The summed E-state index contributed by atoms with van der Waals surface area (Å²) in [6, 6.07) is 0.843. The third-order valence-corrected chi connectivity index (χ3v) is 8.99. The number of esters is 3. The molecule has 0 aromatic carbocycles. The van der Waals surface area contributed by atoms with Gasteiger partial charge in [-0.05, 0) is 40.5 Å². The summed E-state index contributed by atoms with van der Waals surface area (Å²) in [4.78, 5) is 48.9. The van der Waals surface area contributed by atoms with E-state index in [0.717, 1.165) is 31.7 Å². The standard InChI is InChI=1S/C27H43F6NO8SSi/c1-18(2)19(35)39-12-10-34-23(38)41-13-14-43-17-25(5,22(37)40-11-9-15-44(6,7)8)16-24(3,4)21(36)42-20(26(28,29)30)27(31,32)33/h20H,1,9-17H2,2-8H3,(H,34,38). The second-order valence-electron chi connectivity index (χ2n) is 12.3. The zero-order valence-corrected chi connectivity index (χ0v) is 27.9. The number of alkyl carbamates (subject to hydrolysis) is 1. The van der Waals surface area contributed by atoms with Gasteiger partial charge in [0, 0.05) is 25.2 Å². The molecule has 0 aliphatic carbocycles. The predicted octanol–water partition coefficient (Wildman–Crippen LogP) is 6.30. The first-order valence-electron chi connectivity index (χ1n) is 13.6. The van der Waals surface area contributed by atoms with Crippen molar-refractivity contribution in [1.82, 2.24) is 5.32 Å². The summed E-state index contributed by atoms with van der Waals surface area (Å²) in [6.45, 7) is 14.6. The van der Waals surface area contributed by atoms with Crippen LogP contribution in [0, 0.1) is 10.8 Å². The quantitative estimate of drug-likeness (QED) is 0.0444. The Kier molecular flexibility index (Phi) is 16.4. The number of halogens is 6. The highest BCUT2D eigenvalue weighted by atomic mass is 32.2. The molecule has 0 saturated carbocycles. The Hall–Kier alpha value is -2.43. The van der Waals surface area contributed by atoms with Gasteiger partial charge in [0.1, 0.15) is 13.2 Å². The van der Waals surface area contributed by atoms with Gasteiger partial charge in [0.05, 0.1) is 24.0 Å². The maximum atomic E-state index is 13.2. The minimum Gasteiger partial charge on any atom is -0.465 e.